The molecule has 1 atom stereocenters. The summed E-state index contributed by atoms with van der Waals surface area (Å²) in [6, 6.07) is 6.19. The maximum atomic E-state index is 11.7. The highest BCUT2D eigenvalue weighted by Crippen LogP contribution is 2.36. The van der Waals surface area contributed by atoms with Gasteiger partial charge in [-0.3, -0.25) is 9.78 Å². The Labute approximate surface area is 151 Å². The molecule has 0 aliphatic heterocycles. The summed E-state index contributed by atoms with van der Waals surface area (Å²) < 4.78 is 0. The van der Waals surface area contributed by atoms with E-state index in [9.17, 15) is 4.79 Å². The summed E-state index contributed by atoms with van der Waals surface area (Å²) in [5, 5.41) is 4.14. The molecule has 3 aromatic heterocycles. The number of allylic oxidation sites excluding steroid dienone is 1. The van der Waals surface area contributed by atoms with Gasteiger partial charge in [0, 0.05) is 41.8 Å². The maximum Gasteiger partial charge on any atom is 0.243 e. The number of nitrogens with zero attached hydrogens (tertiary/aromatic N) is 2. The van der Waals surface area contributed by atoms with Crippen LogP contribution in [0.1, 0.15) is 24.8 Å². The van der Waals surface area contributed by atoms with Gasteiger partial charge in [-0.15, -0.1) is 0 Å². The van der Waals surface area contributed by atoms with Gasteiger partial charge in [-0.05, 0) is 60.2 Å². The van der Waals surface area contributed by atoms with Crippen molar-refractivity contribution in [3.63, 3.8) is 0 Å². The fourth-order valence-corrected chi connectivity index (χ4v) is 3.60. The summed E-state index contributed by atoms with van der Waals surface area (Å²) in [4.78, 5) is 23.5. The average molecular weight is 344 g/mol. The highest BCUT2D eigenvalue weighted by Gasteiger charge is 2.21. The number of hydrogen-bond donors (Lipinski definition) is 2. The van der Waals surface area contributed by atoms with Gasteiger partial charge < -0.3 is 10.3 Å². The second kappa shape index (κ2) is 6.96. The number of aromatic amines is 1. The Hall–Kier alpha value is -3.21. The van der Waals surface area contributed by atoms with Crippen LogP contribution in [0.25, 0.3) is 27.7 Å². The Kier molecular flexibility index (Phi) is 4.35. The van der Waals surface area contributed by atoms with Gasteiger partial charge >= 0.3 is 0 Å². The van der Waals surface area contributed by atoms with E-state index in [4.69, 9.17) is 0 Å². The van der Waals surface area contributed by atoms with Gasteiger partial charge in [0.1, 0.15) is 5.65 Å². The molecule has 0 radical (unpaired) electrons. The minimum atomic E-state index is -0.116. The van der Waals surface area contributed by atoms with Crippen LogP contribution in [0.5, 0.6) is 0 Å². The predicted octanol–water partition coefficient (Wildman–Crippen LogP) is 3.86. The van der Waals surface area contributed by atoms with Crippen molar-refractivity contribution in [3.8, 4) is 11.1 Å². The van der Waals surface area contributed by atoms with Gasteiger partial charge in [-0.2, -0.15) is 0 Å². The highest BCUT2D eigenvalue weighted by atomic mass is 16.1. The van der Waals surface area contributed by atoms with E-state index in [1.807, 2.05) is 24.5 Å². The molecular weight excluding hydrogens is 324 g/mol. The molecule has 5 nitrogen and oxygen atoms in total. The summed E-state index contributed by atoms with van der Waals surface area (Å²) >= 11 is 0. The molecule has 3 aromatic rings. The summed E-state index contributed by atoms with van der Waals surface area (Å²) in [6.07, 6.45) is 13.7. The van der Waals surface area contributed by atoms with Crippen LogP contribution in [0, 0.1) is 0 Å². The van der Waals surface area contributed by atoms with E-state index < -0.39 is 0 Å². The number of carbonyl (C=O) groups is 1. The van der Waals surface area contributed by atoms with E-state index >= 15 is 0 Å². The van der Waals surface area contributed by atoms with E-state index in [1.54, 1.807) is 12.4 Å². The first-order valence-electron chi connectivity index (χ1n) is 8.75. The van der Waals surface area contributed by atoms with Crippen LogP contribution >= 0.6 is 0 Å². The van der Waals surface area contributed by atoms with E-state index in [0.29, 0.717) is 0 Å². The van der Waals surface area contributed by atoms with Crippen LogP contribution in [-0.2, 0) is 4.79 Å². The Balaban J connectivity index is 1.75. The Morgan fingerprint density at radius 2 is 2.08 bits per heavy atom. The van der Waals surface area contributed by atoms with Gasteiger partial charge in [0.15, 0.2) is 0 Å². The topological polar surface area (TPSA) is 70.7 Å². The molecule has 3 heterocycles. The molecule has 0 fully saturated rings. The molecule has 1 aliphatic rings. The van der Waals surface area contributed by atoms with Gasteiger partial charge in [-0.25, -0.2) is 4.98 Å². The van der Waals surface area contributed by atoms with Crippen molar-refractivity contribution in [3.05, 3.63) is 67.3 Å². The summed E-state index contributed by atoms with van der Waals surface area (Å²) in [5.74, 6) is -0.116. The van der Waals surface area contributed by atoms with Crippen molar-refractivity contribution in [1.82, 2.24) is 20.3 Å². The van der Waals surface area contributed by atoms with Crippen LogP contribution in [0.15, 0.2) is 61.7 Å². The highest BCUT2D eigenvalue weighted by molar-refractivity contribution is 6.01. The third-order valence-electron chi connectivity index (χ3n) is 4.81. The number of aromatic nitrogens is 3. The lowest BCUT2D eigenvalue weighted by atomic mass is 9.88. The van der Waals surface area contributed by atoms with E-state index in [2.05, 4.69) is 39.0 Å². The van der Waals surface area contributed by atoms with Crippen LogP contribution in [-0.4, -0.2) is 26.9 Å². The lowest BCUT2D eigenvalue weighted by Crippen LogP contribution is -2.34. The van der Waals surface area contributed by atoms with Crippen LogP contribution in [0.3, 0.4) is 0 Å². The zero-order valence-corrected chi connectivity index (χ0v) is 14.4. The van der Waals surface area contributed by atoms with E-state index in [0.717, 1.165) is 41.4 Å². The van der Waals surface area contributed by atoms with Gasteiger partial charge in [-0.1, -0.05) is 12.7 Å². The average Bonchev–Trinajstić information content (AvgIpc) is 3.13. The SMILES string of the molecule is C=CC(=O)N[C@@H]1CCC=C(c2ccnc3[nH]cc(-c4ccncc4)c23)C1. The van der Waals surface area contributed by atoms with Gasteiger partial charge in [0.25, 0.3) is 0 Å². The number of rotatable bonds is 4. The van der Waals surface area contributed by atoms with Crippen molar-refractivity contribution >= 4 is 22.5 Å². The molecule has 4 rings (SSSR count). The first-order valence-corrected chi connectivity index (χ1v) is 8.75. The lowest BCUT2D eigenvalue weighted by molar-refractivity contribution is -0.117. The van der Waals surface area contributed by atoms with Crippen LogP contribution in [0.2, 0.25) is 0 Å². The van der Waals surface area contributed by atoms with Crippen molar-refractivity contribution in [2.45, 2.75) is 25.3 Å². The quantitative estimate of drug-likeness (QED) is 0.706. The second-order valence-corrected chi connectivity index (χ2v) is 6.44. The fraction of sp³-hybridized carbons (Fsp3) is 0.190. The smallest absolute Gasteiger partial charge is 0.243 e. The molecule has 0 aromatic carbocycles. The molecule has 0 spiro atoms. The second-order valence-electron chi connectivity index (χ2n) is 6.44. The van der Waals surface area contributed by atoms with Crippen LogP contribution in [0.4, 0.5) is 0 Å². The Bertz CT molecular complexity index is 988. The molecule has 0 saturated carbocycles. The summed E-state index contributed by atoms with van der Waals surface area (Å²) in [5.41, 5.74) is 5.50. The third kappa shape index (κ3) is 3.04. The van der Waals surface area contributed by atoms with Gasteiger partial charge in [0.05, 0.1) is 0 Å². The number of pyridine rings is 2. The first-order chi connectivity index (χ1) is 12.8. The summed E-state index contributed by atoms with van der Waals surface area (Å²) in [6.45, 7) is 3.54. The fourth-order valence-electron chi connectivity index (χ4n) is 3.60. The molecule has 0 bridgehead atoms. The first kappa shape index (κ1) is 16.3. The standard InChI is InChI=1S/C21H20N4O/c1-2-19(26)25-16-5-3-4-15(12-16)17-8-11-23-21-20(17)18(13-24-21)14-6-9-22-10-7-14/h2,4,6-11,13,16H,1,3,5,12H2,(H,23,24)(H,25,26)/t16-/m1/s1. The minimum Gasteiger partial charge on any atom is -0.349 e. The van der Waals surface area contributed by atoms with Crippen LogP contribution < -0.4 is 5.32 Å². The normalized spacial score (nSPS) is 16.9. The molecular formula is C21H20N4O. The molecule has 2 N–H and O–H groups in total. The number of nitrogens with one attached hydrogen (secondary N) is 2. The molecule has 130 valence electrons. The Morgan fingerprint density at radius 3 is 2.88 bits per heavy atom. The largest absolute Gasteiger partial charge is 0.349 e. The summed E-state index contributed by atoms with van der Waals surface area (Å²) in [7, 11) is 0. The number of carbonyl (C=O) groups excluding carboxylic acids is 1. The number of amides is 1. The number of hydrogen-bond acceptors (Lipinski definition) is 3. The zero-order valence-electron chi connectivity index (χ0n) is 14.4. The lowest BCUT2D eigenvalue weighted by Gasteiger charge is -2.24. The van der Waals surface area contributed by atoms with Crippen molar-refractivity contribution in [2.75, 3.05) is 0 Å². The molecule has 0 unspecified atom stereocenters. The number of fused-ring (bicyclic) bond motifs is 1. The zero-order chi connectivity index (χ0) is 17.9. The van der Waals surface area contributed by atoms with Crippen molar-refractivity contribution in [1.29, 1.82) is 0 Å². The van der Waals surface area contributed by atoms with Gasteiger partial charge in [0.2, 0.25) is 5.91 Å². The monoisotopic (exact) mass is 344 g/mol. The van der Waals surface area contributed by atoms with Crippen molar-refractivity contribution in [2.24, 2.45) is 0 Å². The minimum absolute atomic E-state index is 0.116. The maximum absolute atomic E-state index is 11.7. The molecule has 1 aliphatic carbocycles. The molecule has 1 amide bonds. The molecule has 26 heavy (non-hydrogen) atoms. The molecule has 5 heteroatoms. The van der Waals surface area contributed by atoms with Crippen molar-refractivity contribution < 1.29 is 4.79 Å². The van der Waals surface area contributed by atoms with E-state index in [-0.39, 0.29) is 11.9 Å². The third-order valence-corrected chi connectivity index (χ3v) is 4.81. The molecule has 0 saturated heterocycles. The Morgan fingerprint density at radius 1 is 1.23 bits per heavy atom. The predicted molar refractivity (Wildman–Crippen MR) is 103 cm³/mol. The van der Waals surface area contributed by atoms with E-state index in [1.165, 1.54) is 17.2 Å². The number of H-pyrrole nitrogens is 1.